The first-order chi connectivity index (χ1) is 16.1. The molecule has 0 aliphatic heterocycles. The van der Waals surface area contributed by atoms with Gasteiger partial charge in [-0.15, -0.1) is 0 Å². The Balaban J connectivity index is 1.67. The van der Waals surface area contributed by atoms with E-state index in [4.69, 9.17) is 4.74 Å². The van der Waals surface area contributed by atoms with Gasteiger partial charge in [0.05, 0.1) is 12.5 Å². The molecule has 0 aromatic carbocycles. The first-order valence-corrected chi connectivity index (χ1v) is 13.7. The van der Waals surface area contributed by atoms with Crippen LogP contribution in [0.15, 0.2) is 23.3 Å². The fourth-order valence-corrected chi connectivity index (χ4v) is 9.79. The monoisotopic (exact) mass is 480 g/mol. The molecule has 0 saturated heterocycles. The largest absolute Gasteiger partial charge is 0.468 e. The topological polar surface area (TPSA) is 60.4 Å². The highest BCUT2D eigenvalue weighted by Gasteiger charge is 2.69. The van der Waals surface area contributed by atoms with E-state index >= 15 is 0 Å². The van der Waals surface area contributed by atoms with Crippen molar-refractivity contribution >= 4 is 17.5 Å². The minimum atomic E-state index is -0.652. The molecule has 4 nitrogen and oxygen atoms in total. The highest BCUT2D eigenvalue weighted by Crippen LogP contribution is 2.74. The summed E-state index contributed by atoms with van der Waals surface area (Å²) in [5.41, 5.74) is 0.877. The number of esters is 1. The van der Waals surface area contributed by atoms with Gasteiger partial charge in [-0.1, -0.05) is 47.6 Å². The van der Waals surface area contributed by atoms with Crippen molar-refractivity contribution in [1.82, 2.24) is 0 Å². The molecule has 5 aliphatic carbocycles. The summed E-state index contributed by atoms with van der Waals surface area (Å²) in [6, 6.07) is 0. The summed E-state index contributed by atoms with van der Waals surface area (Å²) < 4.78 is 5.20. The van der Waals surface area contributed by atoms with Crippen LogP contribution >= 0.6 is 0 Å². The molecule has 5 rings (SSSR count). The van der Waals surface area contributed by atoms with Crippen LogP contribution in [-0.2, 0) is 19.1 Å². The maximum absolute atomic E-state index is 14.2. The molecule has 3 saturated carbocycles. The van der Waals surface area contributed by atoms with Gasteiger partial charge in [0.2, 0.25) is 0 Å². The van der Waals surface area contributed by atoms with Crippen LogP contribution in [0.3, 0.4) is 0 Å². The molecular formula is C31H44O4. The van der Waals surface area contributed by atoms with Crippen molar-refractivity contribution < 1.29 is 19.1 Å². The highest BCUT2D eigenvalue weighted by atomic mass is 16.5. The number of hydrogen-bond acceptors (Lipinski definition) is 4. The van der Waals surface area contributed by atoms with Crippen LogP contribution in [0.1, 0.15) is 99.8 Å². The summed E-state index contributed by atoms with van der Waals surface area (Å²) in [7, 11) is 1.47. The molecule has 0 aromatic heterocycles. The van der Waals surface area contributed by atoms with E-state index in [0.29, 0.717) is 12.2 Å². The molecule has 0 amide bonds. The fraction of sp³-hybridized carbons (Fsp3) is 0.774. The Morgan fingerprint density at radius 3 is 2.20 bits per heavy atom. The molecule has 0 radical (unpaired) electrons. The molecular weight excluding hydrogens is 436 g/mol. The average Bonchev–Trinajstić information content (AvgIpc) is 2.78. The lowest BCUT2D eigenvalue weighted by molar-refractivity contribution is -0.182. The molecule has 5 aliphatic rings. The fourth-order valence-electron chi connectivity index (χ4n) is 9.79. The summed E-state index contributed by atoms with van der Waals surface area (Å²) in [5, 5.41) is 0. The zero-order chi connectivity index (χ0) is 25.8. The Morgan fingerprint density at radius 2 is 1.54 bits per heavy atom. The van der Waals surface area contributed by atoms with Crippen LogP contribution in [0.4, 0.5) is 0 Å². The van der Waals surface area contributed by atoms with Gasteiger partial charge < -0.3 is 4.74 Å². The van der Waals surface area contributed by atoms with Crippen molar-refractivity contribution in [2.45, 2.75) is 99.8 Å². The van der Waals surface area contributed by atoms with Crippen LogP contribution in [-0.4, -0.2) is 24.6 Å². The number of carbonyl (C=O) groups is 3. The number of fused-ring (bicyclic) bond motifs is 7. The number of ketones is 2. The quantitative estimate of drug-likeness (QED) is 0.395. The van der Waals surface area contributed by atoms with E-state index in [1.165, 1.54) is 18.3 Å². The second-order valence-corrected chi connectivity index (χ2v) is 14.4. The third kappa shape index (κ3) is 2.95. The number of rotatable bonds is 1. The molecule has 0 N–H and O–H groups in total. The maximum atomic E-state index is 14.2. The average molecular weight is 481 g/mol. The van der Waals surface area contributed by atoms with E-state index in [1.54, 1.807) is 0 Å². The van der Waals surface area contributed by atoms with Crippen molar-refractivity contribution in [3.05, 3.63) is 23.3 Å². The summed E-state index contributed by atoms with van der Waals surface area (Å²) in [4.78, 5) is 39.9. The van der Waals surface area contributed by atoms with Gasteiger partial charge in [0.1, 0.15) is 5.78 Å². The third-order valence-corrected chi connectivity index (χ3v) is 12.4. The standard InChI is InChI=1S/C31H44O4/c1-26(2)22-9-12-31(7)24(29(22,5)11-10-23(26)33)21(32)17-19-20-18-28(4,25(34)35-8)14-13-27(20,3)15-16-30(19,31)6/h17-18,22,24H,9-16H2,1-8H3/t22-,24+,27+,28+,29-,30-,31+/m0/s1. The number of ether oxygens (including phenoxy) is 1. The molecule has 35 heavy (non-hydrogen) atoms. The van der Waals surface area contributed by atoms with E-state index in [9.17, 15) is 14.4 Å². The van der Waals surface area contributed by atoms with E-state index in [1.807, 2.05) is 13.0 Å². The minimum Gasteiger partial charge on any atom is -0.468 e. The number of methoxy groups -OCH3 is 1. The van der Waals surface area contributed by atoms with Gasteiger partial charge in [0.15, 0.2) is 5.78 Å². The summed E-state index contributed by atoms with van der Waals surface area (Å²) >= 11 is 0. The van der Waals surface area contributed by atoms with Gasteiger partial charge in [-0.25, -0.2) is 0 Å². The van der Waals surface area contributed by atoms with Crippen molar-refractivity contribution in [1.29, 1.82) is 0 Å². The van der Waals surface area contributed by atoms with Gasteiger partial charge in [0, 0.05) is 17.8 Å². The Morgan fingerprint density at radius 1 is 0.886 bits per heavy atom. The van der Waals surface area contributed by atoms with Crippen molar-refractivity contribution in [3.63, 3.8) is 0 Å². The number of carbonyl (C=O) groups excluding carboxylic acids is 3. The third-order valence-electron chi connectivity index (χ3n) is 12.4. The van der Waals surface area contributed by atoms with Crippen LogP contribution in [0, 0.1) is 44.3 Å². The Kier molecular flexibility index (Phi) is 5.13. The smallest absolute Gasteiger partial charge is 0.315 e. The SMILES string of the molecule is COC(=O)[C@@]1(C)C=C2C3=CC(=O)[C@@H]4[C@@]5(C)CCC(=O)C(C)(C)[C@@H]5CC[C@@]4(C)[C@@]3(C)CC[C@@]2(C)CC1. The first-order valence-electron chi connectivity index (χ1n) is 13.7. The lowest BCUT2D eigenvalue weighted by Crippen LogP contribution is -2.65. The van der Waals surface area contributed by atoms with Gasteiger partial charge >= 0.3 is 5.97 Å². The first kappa shape index (κ1) is 25.0. The number of Topliss-reactive ketones (excluding diaryl/α,β-unsaturated/α-hetero) is 1. The molecule has 3 fully saturated rings. The molecule has 7 atom stereocenters. The highest BCUT2D eigenvalue weighted by molar-refractivity contribution is 5.97. The second kappa shape index (κ2) is 7.19. The second-order valence-electron chi connectivity index (χ2n) is 14.4. The Labute approximate surface area is 211 Å². The Hall–Kier alpha value is -1.71. The minimum absolute atomic E-state index is 0.0112. The van der Waals surface area contributed by atoms with Gasteiger partial charge in [0.25, 0.3) is 0 Å². The van der Waals surface area contributed by atoms with Gasteiger partial charge in [-0.05, 0) is 96.7 Å². The van der Waals surface area contributed by atoms with Crippen molar-refractivity contribution in [2.24, 2.45) is 44.3 Å². The van der Waals surface area contributed by atoms with E-state index in [0.717, 1.165) is 44.9 Å². The summed E-state index contributed by atoms with van der Waals surface area (Å²) in [6.45, 7) is 15.6. The van der Waals surface area contributed by atoms with Crippen LogP contribution < -0.4 is 0 Å². The van der Waals surface area contributed by atoms with Gasteiger partial charge in [-0.2, -0.15) is 0 Å². The molecule has 0 spiro atoms. The molecule has 0 aromatic rings. The lowest BCUT2D eigenvalue weighted by Gasteiger charge is -2.68. The summed E-state index contributed by atoms with van der Waals surface area (Å²) in [5.74, 6) is 0.580. The molecule has 192 valence electrons. The molecule has 0 heterocycles. The molecule has 0 bridgehead atoms. The molecule has 4 heteroatoms. The Bertz CT molecular complexity index is 1080. The van der Waals surface area contributed by atoms with Crippen LogP contribution in [0.5, 0.6) is 0 Å². The predicted octanol–water partition coefficient (Wildman–Crippen LogP) is 6.63. The number of hydrogen-bond donors (Lipinski definition) is 0. The van der Waals surface area contributed by atoms with E-state index in [2.05, 4.69) is 47.6 Å². The van der Waals surface area contributed by atoms with E-state index < -0.39 is 5.41 Å². The number of allylic oxidation sites excluding steroid dienone is 3. The normalized spacial score (nSPS) is 48.5. The molecule has 0 unspecified atom stereocenters. The predicted molar refractivity (Wildman–Crippen MR) is 136 cm³/mol. The van der Waals surface area contributed by atoms with Gasteiger partial charge in [-0.3, -0.25) is 14.4 Å². The lowest BCUT2D eigenvalue weighted by atomic mass is 9.34. The zero-order valence-corrected chi connectivity index (χ0v) is 23.1. The maximum Gasteiger partial charge on any atom is 0.315 e. The van der Waals surface area contributed by atoms with Crippen LogP contribution in [0.2, 0.25) is 0 Å². The summed E-state index contributed by atoms with van der Waals surface area (Å²) in [6.07, 6.45) is 11.3. The van der Waals surface area contributed by atoms with Crippen molar-refractivity contribution in [3.8, 4) is 0 Å². The van der Waals surface area contributed by atoms with Crippen molar-refractivity contribution in [2.75, 3.05) is 7.11 Å². The van der Waals surface area contributed by atoms with E-state index in [-0.39, 0.29) is 50.7 Å². The van der Waals surface area contributed by atoms with Crippen LogP contribution in [0.25, 0.3) is 0 Å². The zero-order valence-electron chi connectivity index (χ0n) is 23.1.